The molecular weight excluding hydrogens is 322 g/mol. The second kappa shape index (κ2) is 7.81. The summed E-state index contributed by atoms with van der Waals surface area (Å²) in [6, 6.07) is 16.4. The number of sulfone groups is 1. The minimum atomic E-state index is -2.94. The van der Waals surface area contributed by atoms with Crippen molar-refractivity contribution in [2.45, 2.75) is 13.0 Å². The van der Waals surface area contributed by atoms with Crippen LogP contribution in [-0.2, 0) is 9.84 Å². The molecule has 0 saturated carbocycles. The second-order valence-corrected chi connectivity index (χ2v) is 8.37. The third kappa shape index (κ3) is 4.82. The maximum absolute atomic E-state index is 11.3. The van der Waals surface area contributed by atoms with E-state index in [1.54, 1.807) is 7.11 Å². The van der Waals surface area contributed by atoms with Crippen molar-refractivity contribution in [1.29, 1.82) is 0 Å². The highest BCUT2D eigenvalue weighted by molar-refractivity contribution is 7.90. The monoisotopic (exact) mass is 347 g/mol. The summed E-state index contributed by atoms with van der Waals surface area (Å²) in [4.78, 5) is 2.05. The smallest absolute Gasteiger partial charge is 0.148 e. The Morgan fingerprint density at radius 3 is 2.29 bits per heavy atom. The van der Waals surface area contributed by atoms with Gasteiger partial charge in [0.2, 0.25) is 0 Å². The lowest BCUT2D eigenvalue weighted by Crippen LogP contribution is -2.28. The normalized spacial score (nSPS) is 13.0. The van der Waals surface area contributed by atoms with Crippen LogP contribution in [0.1, 0.15) is 18.5 Å². The third-order valence-electron chi connectivity index (χ3n) is 4.29. The molecule has 0 aliphatic rings. The summed E-state index contributed by atoms with van der Waals surface area (Å²) in [6.07, 6.45) is 1.27. The predicted molar refractivity (Wildman–Crippen MR) is 99.2 cm³/mol. The molecule has 24 heavy (non-hydrogen) atoms. The minimum absolute atomic E-state index is 0.151. The van der Waals surface area contributed by atoms with Gasteiger partial charge in [0.1, 0.15) is 15.6 Å². The minimum Gasteiger partial charge on any atom is -0.496 e. The molecule has 0 saturated heterocycles. The van der Waals surface area contributed by atoms with Crippen molar-refractivity contribution >= 4 is 9.84 Å². The molecule has 2 rings (SSSR count). The van der Waals surface area contributed by atoms with Crippen LogP contribution in [0.25, 0.3) is 11.1 Å². The number of benzene rings is 2. The summed E-state index contributed by atoms with van der Waals surface area (Å²) >= 11 is 0. The molecule has 0 aliphatic heterocycles. The number of nitrogens with zero attached hydrogens (tertiary/aromatic N) is 1. The van der Waals surface area contributed by atoms with Gasteiger partial charge in [-0.1, -0.05) is 42.5 Å². The number of rotatable bonds is 7. The van der Waals surface area contributed by atoms with E-state index in [0.717, 1.165) is 22.4 Å². The molecule has 0 aromatic heterocycles. The zero-order chi connectivity index (χ0) is 17.7. The third-order valence-corrected chi connectivity index (χ3v) is 5.21. The van der Waals surface area contributed by atoms with Crippen LogP contribution in [0, 0.1) is 0 Å². The van der Waals surface area contributed by atoms with Gasteiger partial charge in [-0.2, -0.15) is 0 Å². The molecule has 0 aliphatic carbocycles. The van der Waals surface area contributed by atoms with E-state index in [1.165, 1.54) is 6.26 Å². The maximum Gasteiger partial charge on any atom is 0.148 e. The van der Waals surface area contributed by atoms with Crippen molar-refractivity contribution in [2.24, 2.45) is 0 Å². The fraction of sp³-hybridized carbons (Fsp3) is 0.368. The Bertz CT molecular complexity index is 769. The summed E-state index contributed by atoms with van der Waals surface area (Å²) < 4.78 is 28.1. The van der Waals surface area contributed by atoms with E-state index in [-0.39, 0.29) is 11.8 Å². The van der Waals surface area contributed by atoms with Crippen LogP contribution in [0.5, 0.6) is 5.75 Å². The van der Waals surface area contributed by atoms with Gasteiger partial charge in [-0.25, -0.2) is 8.42 Å². The largest absolute Gasteiger partial charge is 0.496 e. The maximum atomic E-state index is 11.3. The summed E-state index contributed by atoms with van der Waals surface area (Å²) in [5.74, 6) is 1.02. The number of para-hydroxylation sites is 1. The van der Waals surface area contributed by atoms with Gasteiger partial charge in [0.05, 0.1) is 12.9 Å². The van der Waals surface area contributed by atoms with E-state index in [2.05, 4.69) is 36.1 Å². The molecule has 2 aromatic rings. The Morgan fingerprint density at radius 2 is 1.71 bits per heavy atom. The molecule has 0 heterocycles. The van der Waals surface area contributed by atoms with Crippen LogP contribution in [-0.4, -0.2) is 46.0 Å². The highest BCUT2D eigenvalue weighted by Gasteiger charge is 2.14. The van der Waals surface area contributed by atoms with E-state index < -0.39 is 9.84 Å². The summed E-state index contributed by atoms with van der Waals surface area (Å²) in [5, 5.41) is 0. The Kier molecular flexibility index (Phi) is 6.02. The van der Waals surface area contributed by atoms with Gasteiger partial charge in [-0.15, -0.1) is 0 Å². The van der Waals surface area contributed by atoms with Crippen molar-refractivity contribution in [1.82, 2.24) is 4.90 Å². The van der Waals surface area contributed by atoms with Gasteiger partial charge in [-0.05, 0) is 31.2 Å². The van der Waals surface area contributed by atoms with Crippen molar-refractivity contribution < 1.29 is 13.2 Å². The van der Waals surface area contributed by atoms with Gasteiger partial charge in [0.15, 0.2) is 0 Å². The van der Waals surface area contributed by atoms with Gasteiger partial charge < -0.3 is 4.74 Å². The Morgan fingerprint density at radius 1 is 1.08 bits per heavy atom. The molecule has 2 aromatic carbocycles. The van der Waals surface area contributed by atoms with E-state index in [4.69, 9.17) is 4.74 Å². The number of hydrogen-bond donors (Lipinski definition) is 0. The fourth-order valence-corrected chi connectivity index (χ4v) is 3.20. The molecule has 0 bridgehead atoms. The molecule has 5 heteroatoms. The van der Waals surface area contributed by atoms with E-state index >= 15 is 0 Å². The van der Waals surface area contributed by atoms with Crippen molar-refractivity contribution in [3.05, 3.63) is 54.1 Å². The molecule has 1 unspecified atom stereocenters. The second-order valence-electron chi connectivity index (χ2n) is 6.11. The summed E-state index contributed by atoms with van der Waals surface area (Å²) in [7, 11) is 0.680. The SMILES string of the molecule is COc1ccccc1-c1ccc(C(C)N(C)CCS(C)(=O)=O)cc1. The highest BCUT2D eigenvalue weighted by Crippen LogP contribution is 2.30. The van der Waals surface area contributed by atoms with E-state index in [1.807, 2.05) is 31.3 Å². The quantitative estimate of drug-likeness (QED) is 0.770. The molecular formula is C19H25NO3S. The molecule has 4 nitrogen and oxygen atoms in total. The standard InChI is InChI=1S/C19H25NO3S/c1-15(20(2)13-14-24(4,21)22)16-9-11-17(12-10-16)18-7-5-6-8-19(18)23-3/h5-12,15H,13-14H2,1-4H3. The Labute approximate surface area is 145 Å². The molecule has 0 N–H and O–H groups in total. The first kappa shape index (κ1) is 18.5. The summed E-state index contributed by atoms with van der Waals surface area (Å²) in [5.41, 5.74) is 3.32. The lowest BCUT2D eigenvalue weighted by molar-refractivity contribution is 0.277. The lowest BCUT2D eigenvalue weighted by atomic mass is 10.0. The van der Waals surface area contributed by atoms with Crippen LogP contribution in [0.4, 0.5) is 0 Å². The predicted octanol–water partition coefficient (Wildman–Crippen LogP) is 3.40. The first-order valence-corrected chi connectivity index (χ1v) is 9.99. The first-order valence-electron chi connectivity index (χ1n) is 7.93. The van der Waals surface area contributed by atoms with Crippen LogP contribution in [0.2, 0.25) is 0 Å². The number of hydrogen-bond acceptors (Lipinski definition) is 4. The lowest BCUT2D eigenvalue weighted by Gasteiger charge is -2.25. The average molecular weight is 347 g/mol. The van der Waals surface area contributed by atoms with E-state index in [0.29, 0.717) is 6.54 Å². The van der Waals surface area contributed by atoms with Gasteiger partial charge >= 0.3 is 0 Å². The van der Waals surface area contributed by atoms with Gasteiger partial charge in [0.25, 0.3) is 0 Å². The van der Waals surface area contributed by atoms with Crippen LogP contribution < -0.4 is 4.74 Å². The molecule has 130 valence electrons. The first-order chi connectivity index (χ1) is 11.3. The molecule has 0 fully saturated rings. The number of methoxy groups -OCH3 is 1. The van der Waals surface area contributed by atoms with Crippen LogP contribution in [0.3, 0.4) is 0 Å². The highest BCUT2D eigenvalue weighted by atomic mass is 32.2. The van der Waals surface area contributed by atoms with Gasteiger partial charge in [-0.3, -0.25) is 4.90 Å². The van der Waals surface area contributed by atoms with Crippen molar-refractivity contribution in [3.63, 3.8) is 0 Å². The zero-order valence-corrected chi connectivity index (χ0v) is 15.5. The molecule has 1 atom stereocenters. The topological polar surface area (TPSA) is 46.6 Å². The average Bonchev–Trinajstić information content (AvgIpc) is 2.58. The van der Waals surface area contributed by atoms with Crippen molar-refractivity contribution in [3.8, 4) is 16.9 Å². The Balaban J connectivity index is 2.14. The molecule has 0 spiro atoms. The van der Waals surface area contributed by atoms with Crippen molar-refractivity contribution in [2.75, 3.05) is 32.7 Å². The Hall–Kier alpha value is -1.85. The van der Waals surface area contributed by atoms with Gasteiger partial charge in [0, 0.05) is 24.4 Å². The van der Waals surface area contributed by atoms with E-state index in [9.17, 15) is 8.42 Å². The van der Waals surface area contributed by atoms with Crippen LogP contribution >= 0.6 is 0 Å². The summed E-state index contributed by atoms with van der Waals surface area (Å²) in [6.45, 7) is 2.61. The molecule has 0 amide bonds. The zero-order valence-electron chi connectivity index (χ0n) is 14.7. The fourth-order valence-electron chi connectivity index (χ4n) is 2.58. The number of ether oxygens (including phenoxy) is 1. The van der Waals surface area contributed by atoms with Crippen LogP contribution in [0.15, 0.2) is 48.5 Å². The molecule has 0 radical (unpaired) electrons.